The maximum Gasteiger partial charge on any atom is 0.282 e. The molecule has 2 heterocycles. The van der Waals surface area contributed by atoms with Crippen LogP contribution in [0.25, 0.3) is 0 Å². The molecule has 2 saturated heterocycles. The number of hydrogen-bond acceptors (Lipinski definition) is 18. The first kappa shape index (κ1) is 45.4. The number of aliphatic hydroxyl groups excluding tert-OH is 11. The molecule has 2 aliphatic heterocycles. The standard InChI is InChI=1S/C33H53N3O18/c1-14(39)35-22-18(41)10-33(32(50)36(2)3,54-29(22)24(45)19(42)11-37)51-13-21-25(46)26(47)27(48)31(52-21)53-28(20(43)12-38)23(44)17(40)9-8-15-6-4-5-7-16(15)30(34)49/h4-7,17-29,31,37-38,40-48H,8-13H2,1-3H3,(H2,34,49)(H,35,39)/t17?,18-,19-,20?,21?,22-,23-,24-,25+,26+,27?,28-,29?,31+,33-/m1/s1. The highest BCUT2D eigenvalue weighted by Crippen LogP contribution is 2.36. The summed E-state index contributed by atoms with van der Waals surface area (Å²) in [6.45, 7) is -1.79. The maximum absolute atomic E-state index is 13.6. The molecule has 54 heavy (non-hydrogen) atoms. The van der Waals surface area contributed by atoms with Gasteiger partial charge in [0.1, 0.15) is 61.0 Å². The Morgan fingerprint density at radius 1 is 0.963 bits per heavy atom. The highest BCUT2D eigenvalue weighted by atomic mass is 16.7. The van der Waals surface area contributed by atoms with Crippen LogP contribution in [0.1, 0.15) is 35.7 Å². The lowest BCUT2D eigenvalue weighted by atomic mass is 9.88. The van der Waals surface area contributed by atoms with Crippen LogP contribution in [0.3, 0.4) is 0 Å². The monoisotopic (exact) mass is 779 g/mol. The van der Waals surface area contributed by atoms with Gasteiger partial charge in [-0.15, -0.1) is 0 Å². The Kier molecular flexibility index (Phi) is 16.6. The van der Waals surface area contributed by atoms with E-state index in [1.165, 1.54) is 20.2 Å². The van der Waals surface area contributed by atoms with Crippen molar-refractivity contribution in [2.24, 2.45) is 5.73 Å². The van der Waals surface area contributed by atoms with Crippen molar-refractivity contribution >= 4 is 17.7 Å². The number of rotatable bonds is 18. The van der Waals surface area contributed by atoms with Crippen molar-refractivity contribution in [1.29, 1.82) is 0 Å². The number of nitrogens with two attached hydrogens (primary N) is 1. The molecule has 308 valence electrons. The highest BCUT2D eigenvalue weighted by Gasteiger charge is 2.57. The maximum atomic E-state index is 13.6. The molecule has 21 nitrogen and oxygen atoms in total. The van der Waals surface area contributed by atoms with Crippen molar-refractivity contribution in [2.75, 3.05) is 33.9 Å². The molecule has 3 rings (SSSR count). The number of carbonyl (C=O) groups excluding carboxylic acids is 3. The Labute approximate surface area is 310 Å². The molecule has 1 aromatic rings. The molecule has 1 aromatic carbocycles. The van der Waals surface area contributed by atoms with Crippen molar-refractivity contribution in [3.63, 3.8) is 0 Å². The summed E-state index contributed by atoms with van der Waals surface area (Å²) < 4.78 is 22.9. The van der Waals surface area contributed by atoms with E-state index in [0.29, 0.717) is 5.56 Å². The molecule has 15 atom stereocenters. The van der Waals surface area contributed by atoms with Gasteiger partial charge in [0.25, 0.3) is 11.7 Å². The second kappa shape index (κ2) is 19.8. The van der Waals surface area contributed by atoms with Crippen molar-refractivity contribution in [3.05, 3.63) is 35.4 Å². The predicted octanol–water partition coefficient (Wildman–Crippen LogP) is -6.84. The number of nitrogens with one attached hydrogen (secondary N) is 1. The van der Waals surface area contributed by atoms with Crippen molar-refractivity contribution in [3.8, 4) is 0 Å². The Balaban J connectivity index is 1.85. The fourth-order valence-corrected chi connectivity index (χ4v) is 6.33. The van der Waals surface area contributed by atoms with Crippen LogP contribution in [-0.2, 0) is 35.0 Å². The van der Waals surface area contributed by atoms with E-state index < -0.39 is 135 Å². The first-order chi connectivity index (χ1) is 25.3. The lowest BCUT2D eigenvalue weighted by Gasteiger charge is -2.49. The van der Waals surface area contributed by atoms with Gasteiger partial charge in [-0.25, -0.2) is 0 Å². The number of benzene rings is 1. The van der Waals surface area contributed by atoms with E-state index in [0.717, 1.165) is 11.8 Å². The summed E-state index contributed by atoms with van der Waals surface area (Å²) in [5.74, 6) is -4.91. The minimum Gasteiger partial charge on any atom is -0.394 e. The van der Waals surface area contributed by atoms with Gasteiger partial charge in [0, 0.05) is 33.0 Å². The number of likely N-dealkylation sites (N-methyl/N-ethyl adjacent to an activating group) is 1. The van der Waals surface area contributed by atoms with Gasteiger partial charge in [-0.1, -0.05) is 18.2 Å². The molecular formula is C33H53N3O18. The molecule has 2 aliphatic rings. The van der Waals surface area contributed by atoms with Gasteiger partial charge < -0.3 is 91.1 Å². The van der Waals surface area contributed by atoms with Crippen LogP contribution in [0.15, 0.2) is 24.3 Å². The minimum absolute atomic E-state index is 0.0265. The van der Waals surface area contributed by atoms with Gasteiger partial charge in [-0.3, -0.25) is 14.4 Å². The van der Waals surface area contributed by atoms with Gasteiger partial charge in [0.2, 0.25) is 11.8 Å². The summed E-state index contributed by atoms with van der Waals surface area (Å²) in [5.41, 5.74) is 6.02. The number of nitrogens with zero attached hydrogens (tertiary/aromatic N) is 1. The fourth-order valence-electron chi connectivity index (χ4n) is 6.33. The van der Waals surface area contributed by atoms with Crippen LogP contribution in [-0.4, -0.2) is 204 Å². The number of carbonyl (C=O) groups is 3. The zero-order chi connectivity index (χ0) is 40.7. The van der Waals surface area contributed by atoms with Gasteiger partial charge >= 0.3 is 0 Å². The summed E-state index contributed by atoms with van der Waals surface area (Å²) in [6, 6.07) is 4.83. The molecule has 5 unspecified atom stereocenters. The molecule has 0 spiro atoms. The Hall–Kier alpha value is -2.97. The first-order valence-corrected chi connectivity index (χ1v) is 17.1. The van der Waals surface area contributed by atoms with Crippen molar-refractivity contribution in [2.45, 2.75) is 118 Å². The quantitative estimate of drug-likeness (QED) is 0.0658. The lowest BCUT2D eigenvalue weighted by molar-refractivity contribution is -0.347. The minimum atomic E-state index is -2.53. The van der Waals surface area contributed by atoms with E-state index in [9.17, 15) is 70.6 Å². The normalized spacial score (nSPS) is 32.1. The fraction of sp³-hybridized carbons (Fsp3) is 0.727. The van der Waals surface area contributed by atoms with Crippen molar-refractivity contribution < 1.29 is 89.5 Å². The SMILES string of the molecule is CC(=O)N[C@H]1C([C@H](O)[C@H](O)CO)O[C@@](OCC2O[C@@H](O[C@H](C(O)CO)[C@H](O)C(O)CCc3ccccc3C(N)=O)C(O)[C@@H](O)[C@H]2O)(C(=O)N(C)C)C[C@H]1O. The highest BCUT2D eigenvalue weighted by molar-refractivity contribution is 5.94. The summed E-state index contributed by atoms with van der Waals surface area (Å²) in [4.78, 5) is 38.3. The number of ether oxygens (including phenoxy) is 4. The summed E-state index contributed by atoms with van der Waals surface area (Å²) in [7, 11) is 2.58. The van der Waals surface area contributed by atoms with Crippen LogP contribution in [0, 0.1) is 0 Å². The Bertz CT molecular complexity index is 1390. The van der Waals surface area contributed by atoms with Gasteiger partial charge in [-0.05, 0) is 24.5 Å². The van der Waals surface area contributed by atoms with E-state index in [2.05, 4.69) is 5.32 Å². The van der Waals surface area contributed by atoms with Gasteiger partial charge in [0.05, 0.1) is 38.1 Å². The third-order valence-corrected chi connectivity index (χ3v) is 9.32. The van der Waals surface area contributed by atoms with Crippen LogP contribution in [0.4, 0.5) is 0 Å². The topological polar surface area (TPSA) is 352 Å². The molecule has 21 heteroatoms. The molecule has 3 amide bonds. The number of aryl methyl sites for hydroxylation is 1. The van der Waals surface area contributed by atoms with Crippen LogP contribution < -0.4 is 11.1 Å². The number of hydrogen-bond donors (Lipinski definition) is 13. The van der Waals surface area contributed by atoms with Crippen LogP contribution in [0.5, 0.6) is 0 Å². The van der Waals surface area contributed by atoms with Gasteiger partial charge in [-0.2, -0.15) is 0 Å². The van der Waals surface area contributed by atoms with E-state index >= 15 is 0 Å². The molecule has 0 radical (unpaired) electrons. The molecular weight excluding hydrogens is 726 g/mol. The molecule has 0 aromatic heterocycles. The largest absolute Gasteiger partial charge is 0.394 e. The second-order valence-corrected chi connectivity index (χ2v) is 13.6. The molecule has 2 fully saturated rings. The second-order valence-electron chi connectivity index (χ2n) is 13.6. The molecule has 0 aliphatic carbocycles. The van der Waals surface area contributed by atoms with E-state index in [-0.39, 0.29) is 18.4 Å². The third-order valence-electron chi connectivity index (χ3n) is 9.32. The molecule has 14 N–H and O–H groups in total. The number of aliphatic hydroxyl groups is 11. The zero-order valence-electron chi connectivity index (χ0n) is 29.9. The van der Waals surface area contributed by atoms with Crippen molar-refractivity contribution in [1.82, 2.24) is 10.2 Å². The van der Waals surface area contributed by atoms with Crippen LogP contribution in [0.2, 0.25) is 0 Å². The van der Waals surface area contributed by atoms with E-state index in [1.807, 2.05) is 0 Å². The average Bonchev–Trinajstić information content (AvgIpc) is 3.14. The predicted molar refractivity (Wildman–Crippen MR) is 180 cm³/mol. The third kappa shape index (κ3) is 10.7. The summed E-state index contributed by atoms with van der Waals surface area (Å²) in [6.07, 6.45) is -25.5. The number of amides is 3. The first-order valence-electron chi connectivity index (χ1n) is 17.1. The van der Waals surface area contributed by atoms with E-state index in [1.54, 1.807) is 18.2 Å². The summed E-state index contributed by atoms with van der Waals surface area (Å²) >= 11 is 0. The zero-order valence-corrected chi connectivity index (χ0v) is 29.9. The number of primary amides is 1. The van der Waals surface area contributed by atoms with E-state index in [4.69, 9.17) is 24.7 Å². The van der Waals surface area contributed by atoms with Crippen LogP contribution >= 0.6 is 0 Å². The molecule has 0 saturated carbocycles. The average molecular weight is 780 g/mol. The smallest absolute Gasteiger partial charge is 0.282 e. The lowest BCUT2D eigenvalue weighted by Crippen LogP contribution is -2.69. The van der Waals surface area contributed by atoms with Gasteiger partial charge in [0.15, 0.2) is 6.29 Å². The Morgan fingerprint density at radius 3 is 2.17 bits per heavy atom. The summed E-state index contributed by atoms with van der Waals surface area (Å²) in [5, 5.41) is 118. The molecule has 0 bridgehead atoms. The Morgan fingerprint density at radius 2 is 1.59 bits per heavy atom.